The van der Waals surface area contributed by atoms with E-state index in [1.807, 2.05) is 18.2 Å². The Morgan fingerprint density at radius 2 is 2.00 bits per heavy atom. The monoisotopic (exact) mass is 372 g/mol. The van der Waals surface area contributed by atoms with Crippen LogP contribution < -0.4 is 5.01 Å². The number of hydrazone groups is 1. The number of carbonyl (C=O) groups excluding carboxylic acids is 1. The van der Waals surface area contributed by atoms with E-state index < -0.39 is 12.0 Å². The van der Waals surface area contributed by atoms with Crippen LogP contribution in [0.25, 0.3) is 0 Å². The van der Waals surface area contributed by atoms with E-state index in [1.165, 1.54) is 5.01 Å². The van der Waals surface area contributed by atoms with Crippen LogP contribution in [0.5, 0.6) is 0 Å². The molecule has 0 aromatic heterocycles. The largest absolute Gasteiger partial charge is 0.480 e. The highest BCUT2D eigenvalue weighted by molar-refractivity contribution is 6.40. The molecule has 1 aromatic carbocycles. The molecule has 0 radical (unpaired) electrons. The second kappa shape index (κ2) is 7.28. The van der Waals surface area contributed by atoms with Crippen LogP contribution in [0.3, 0.4) is 0 Å². The third-order valence-electron chi connectivity index (χ3n) is 5.61. The summed E-state index contributed by atoms with van der Waals surface area (Å²) in [7, 11) is 2.05. The molecule has 8 nitrogen and oxygen atoms in total. The third kappa shape index (κ3) is 3.42. The van der Waals surface area contributed by atoms with Crippen molar-refractivity contribution in [3.8, 4) is 0 Å². The number of nitrogens with zero attached hydrogens (tertiary/aromatic N) is 4. The number of likely N-dealkylation sites (N-methyl/N-ethyl adjacent to an activating group) is 1. The van der Waals surface area contributed by atoms with Gasteiger partial charge in [-0.15, -0.1) is 0 Å². The molecule has 0 bridgehead atoms. The molecule has 3 aliphatic rings. The molecular formula is C19H24N4O4. The number of carboxylic acid groups (broad SMARTS) is 1. The molecule has 1 unspecified atom stereocenters. The zero-order valence-corrected chi connectivity index (χ0v) is 15.3. The maximum atomic E-state index is 13.0. The van der Waals surface area contributed by atoms with Gasteiger partial charge >= 0.3 is 5.97 Å². The number of morpholine rings is 1. The van der Waals surface area contributed by atoms with Gasteiger partial charge in [0.05, 0.1) is 24.4 Å². The number of piperidine rings is 1. The number of rotatable bonds is 3. The van der Waals surface area contributed by atoms with Crippen LogP contribution in [0.4, 0.5) is 5.69 Å². The molecule has 3 heterocycles. The lowest BCUT2D eigenvalue weighted by Crippen LogP contribution is -2.60. The summed E-state index contributed by atoms with van der Waals surface area (Å²) in [6.07, 6.45) is 1.06. The molecule has 144 valence electrons. The van der Waals surface area contributed by atoms with Crippen molar-refractivity contribution in [1.82, 2.24) is 9.80 Å². The van der Waals surface area contributed by atoms with E-state index in [-0.39, 0.29) is 24.5 Å². The minimum atomic E-state index is -0.982. The molecule has 0 saturated carbocycles. The van der Waals surface area contributed by atoms with Gasteiger partial charge < -0.3 is 14.7 Å². The van der Waals surface area contributed by atoms with Crippen molar-refractivity contribution >= 4 is 23.3 Å². The lowest BCUT2D eigenvalue weighted by atomic mass is 9.98. The van der Waals surface area contributed by atoms with Gasteiger partial charge in [-0.3, -0.25) is 14.7 Å². The van der Waals surface area contributed by atoms with Gasteiger partial charge in [-0.1, -0.05) is 18.2 Å². The van der Waals surface area contributed by atoms with Gasteiger partial charge in [0, 0.05) is 26.1 Å². The average Bonchev–Trinajstić information content (AvgIpc) is 3.14. The number of carboxylic acids is 1. The Balaban J connectivity index is 1.52. The molecule has 1 N–H and O–H groups in total. The molecule has 4 rings (SSSR count). The Hall–Kier alpha value is -2.45. The van der Waals surface area contributed by atoms with Gasteiger partial charge in [-0.2, -0.15) is 5.10 Å². The number of hydrogen-bond donors (Lipinski definition) is 1. The van der Waals surface area contributed by atoms with Crippen molar-refractivity contribution in [3.05, 3.63) is 30.3 Å². The molecule has 3 aliphatic heterocycles. The summed E-state index contributed by atoms with van der Waals surface area (Å²) in [6, 6.07) is 8.43. The molecule has 2 fully saturated rings. The third-order valence-corrected chi connectivity index (χ3v) is 5.61. The quantitative estimate of drug-likeness (QED) is 0.838. The van der Waals surface area contributed by atoms with Gasteiger partial charge in [0.15, 0.2) is 6.04 Å². The van der Waals surface area contributed by atoms with Gasteiger partial charge in [0.2, 0.25) is 0 Å². The number of anilines is 1. The summed E-state index contributed by atoms with van der Waals surface area (Å²) < 4.78 is 5.83. The maximum absolute atomic E-state index is 13.0. The lowest BCUT2D eigenvalue weighted by molar-refractivity contribution is -0.138. The zero-order valence-electron chi connectivity index (χ0n) is 15.3. The summed E-state index contributed by atoms with van der Waals surface area (Å²) >= 11 is 0. The predicted octanol–water partition coefficient (Wildman–Crippen LogP) is 0.637. The summed E-state index contributed by atoms with van der Waals surface area (Å²) in [6.45, 7) is 2.77. The van der Waals surface area contributed by atoms with Crippen LogP contribution in [0.2, 0.25) is 0 Å². The highest BCUT2D eigenvalue weighted by Crippen LogP contribution is 2.27. The molecular weight excluding hydrogens is 348 g/mol. The minimum absolute atomic E-state index is 0.111. The molecule has 0 aliphatic carbocycles. The fourth-order valence-electron chi connectivity index (χ4n) is 4.06. The number of hydrogen-bond acceptors (Lipinski definition) is 6. The Morgan fingerprint density at radius 1 is 1.22 bits per heavy atom. The van der Waals surface area contributed by atoms with Crippen LogP contribution in [0, 0.1) is 0 Å². The van der Waals surface area contributed by atoms with Crippen molar-refractivity contribution in [3.63, 3.8) is 0 Å². The van der Waals surface area contributed by atoms with Gasteiger partial charge in [-0.25, -0.2) is 4.79 Å². The van der Waals surface area contributed by atoms with Crippen LogP contribution in [-0.2, 0) is 14.3 Å². The SMILES string of the molecule is CN1CCO[C@@H]2CCN(C(=O)C3=NN(c4ccccc4)C(C(=O)O)C3)C[C@@H]21. The van der Waals surface area contributed by atoms with Crippen LogP contribution in [0.15, 0.2) is 35.4 Å². The fraction of sp³-hybridized carbons (Fsp3) is 0.526. The van der Waals surface area contributed by atoms with Gasteiger partial charge in [0.1, 0.15) is 5.71 Å². The molecule has 1 amide bonds. The van der Waals surface area contributed by atoms with E-state index in [2.05, 4.69) is 17.0 Å². The smallest absolute Gasteiger partial charge is 0.328 e. The summed E-state index contributed by atoms with van der Waals surface area (Å²) in [4.78, 5) is 28.8. The number of ether oxygens (including phenoxy) is 1. The van der Waals surface area contributed by atoms with E-state index in [1.54, 1.807) is 17.0 Å². The van der Waals surface area contributed by atoms with Crippen LogP contribution >= 0.6 is 0 Å². The van der Waals surface area contributed by atoms with Gasteiger partial charge in [0.25, 0.3) is 5.91 Å². The van der Waals surface area contributed by atoms with E-state index in [4.69, 9.17) is 4.74 Å². The summed E-state index contributed by atoms with van der Waals surface area (Å²) in [5.41, 5.74) is 0.982. The zero-order chi connectivity index (χ0) is 19.0. The first-order valence-corrected chi connectivity index (χ1v) is 9.30. The molecule has 0 spiro atoms. The molecule has 8 heteroatoms. The average molecular weight is 372 g/mol. The normalized spacial score (nSPS) is 28.6. The molecule has 1 aromatic rings. The summed E-state index contributed by atoms with van der Waals surface area (Å²) in [5.74, 6) is -1.15. The minimum Gasteiger partial charge on any atom is -0.480 e. The van der Waals surface area contributed by atoms with Crippen molar-refractivity contribution < 1.29 is 19.4 Å². The number of amides is 1. The first kappa shape index (κ1) is 17.9. The Bertz CT molecular complexity index is 753. The fourth-order valence-corrected chi connectivity index (χ4v) is 4.06. The lowest BCUT2D eigenvalue weighted by Gasteiger charge is -2.45. The second-order valence-corrected chi connectivity index (χ2v) is 7.28. The second-order valence-electron chi connectivity index (χ2n) is 7.28. The van der Waals surface area contributed by atoms with Crippen molar-refractivity contribution in [2.24, 2.45) is 5.10 Å². The van der Waals surface area contributed by atoms with Crippen LogP contribution in [0.1, 0.15) is 12.8 Å². The first-order chi connectivity index (χ1) is 13.0. The number of fused-ring (bicyclic) bond motifs is 1. The summed E-state index contributed by atoms with van der Waals surface area (Å²) in [5, 5.41) is 15.4. The van der Waals surface area contributed by atoms with E-state index in [9.17, 15) is 14.7 Å². The molecule has 2 saturated heterocycles. The van der Waals surface area contributed by atoms with Gasteiger partial charge in [-0.05, 0) is 25.6 Å². The van der Waals surface area contributed by atoms with Crippen LogP contribution in [-0.4, -0.2) is 84.0 Å². The van der Waals surface area contributed by atoms with Crippen molar-refractivity contribution in [2.45, 2.75) is 31.0 Å². The number of benzene rings is 1. The topological polar surface area (TPSA) is 85.7 Å². The highest BCUT2D eigenvalue weighted by atomic mass is 16.5. The predicted molar refractivity (Wildman–Crippen MR) is 99.8 cm³/mol. The highest BCUT2D eigenvalue weighted by Gasteiger charge is 2.41. The Kier molecular flexibility index (Phi) is 4.84. The van der Waals surface area contributed by atoms with Crippen molar-refractivity contribution in [2.75, 3.05) is 38.3 Å². The number of aliphatic carboxylic acids is 1. The maximum Gasteiger partial charge on any atom is 0.328 e. The first-order valence-electron chi connectivity index (χ1n) is 9.30. The van der Waals surface area contributed by atoms with E-state index in [0.717, 1.165) is 19.6 Å². The Morgan fingerprint density at radius 3 is 2.74 bits per heavy atom. The van der Waals surface area contributed by atoms with E-state index in [0.29, 0.717) is 24.5 Å². The molecule has 27 heavy (non-hydrogen) atoms. The van der Waals surface area contributed by atoms with Crippen molar-refractivity contribution in [1.29, 1.82) is 0 Å². The number of carbonyl (C=O) groups is 2. The van der Waals surface area contributed by atoms with E-state index >= 15 is 0 Å². The Labute approximate surface area is 158 Å². The standard InChI is InChI=1S/C19H24N4O4/c1-21-9-10-27-17-7-8-22(12-16(17)21)18(24)14-11-15(19(25)26)23(20-14)13-5-3-2-4-6-13/h2-6,15-17H,7-12H2,1H3,(H,25,26)/t15?,16-,17+/m0/s1. The number of para-hydroxylation sites is 1. The number of likely N-dealkylation sites (tertiary alicyclic amines) is 1. The molecule has 3 atom stereocenters.